The molecule has 2 aliphatic heterocycles. The highest BCUT2D eigenvalue weighted by Gasteiger charge is 2.32. The van der Waals surface area contributed by atoms with Gasteiger partial charge in [0, 0.05) is 25.6 Å². The number of amides is 1. The number of likely N-dealkylation sites (tertiary alicyclic amines) is 1. The number of aromatic nitrogens is 3. The summed E-state index contributed by atoms with van der Waals surface area (Å²) in [7, 11) is 0. The molecule has 4 rings (SSSR count). The van der Waals surface area contributed by atoms with Gasteiger partial charge in [0.15, 0.2) is 5.82 Å². The second-order valence-corrected chi connectivity index (χ2v) is 6.71. The van der Waals surface area contributed by atoms with Crippen LogP contribution in [-0.2, 0) is 11.2 Å². The summed E-state index contributed by atoms with van der Waals surface area (Å²) in [5.41, 5.74) is 2.43. The van der Waals surface area contributed by atoms with E-state index in [9.17, 15) is 4.79 Å². The lowest BCUT2D eigenvalue weighted by atomic mass is 9.91. The molecule has 1 aromatic heterocycles. The molecule has 0 spiro atoms. The molecule has 2 aliphatic rings. The Kier molecular flexibility index (Phi) is 5.39. The Bertz CT molecular complexity index is 739. The van der Waals surface area contributed by atoms with Crippen LogP contribution in [0, 0.1) is 6.92 Å². The van der Waals surface area contributed by atoms with Gasteiger partial charge in [0.2, 0.25) is 5.91 Å². The van der Waals surface area contributed by atoms with Crippen LogP contribution in [0.3, 0.4) is 0 Å². The Morgan fingerprint density at radius 3 is 2.72 bits per heavy atom. The molecular weight excluding hydrogens is 338 g/mol. The van der Waals surface area contributed by atoms with Gasteiger partial charge in [-0.25, -0.2) is 4.98 Å². The van der Waals surface area contributed by atoms with Crippen molar-refractivity contribution < 1.29 is 4.79 Å². The van der Waals surface area contributed by atoms with E-state index >= 15 is 0 Å². The molecule has 6 nitrogen and oxygen atoms in total. The van der Waals surface area contributed by atoms with Crippen LogP contribution >= 0.6 is 12.4 Å². The quantitative estimate of drug-likeness (QED) is 0.859. The van der Waals surface area contributed by atoms with Crippen molar-refractivity contribution in [1.82, 2.24) is 25.4 Å². The van der Waals surface area contributed by atoms with E-state index in [1.54, 1.807) is 0 Å². The third kappa shape index (κ3) is 3.55. The van der Waals surface area contributed by atoms with Gasteiger partial charge in [0.05, 0.1) is 0 Å². The molecule has 3 heterocycles. The van der Waals surface area contributed by atoms with E-state index in [0.717, 1.165) is 56.1 Å². The van der Waals surface area contributed by atoms with E-state index in [4.69, 9.17) is 0 Å². The minimum Gasteiger partial charge on any atom is -0.341 e. The number of benzene rings is 1. The SMILES string of the molecule is Cc1nc(C2CCN(C(=O)C3NCCc4ccccc43)CC2)n[nH]1.Cl. The maximum atomic E-state index is 13.0. The van der Waals surface area contributed by atoms with Crippen molar-refractivity contribution >= 4 is 18.3 Å². The first-order chi connectivity index (χ1) is 11.7. The minimum atomic E-state index is -0.197. The predicted molar refractivity (Wildman–Crippen MR) is 97.8 cm³/mol. The molecule has 25 heavy (non-hydrogen) atoms. The van der Waals surface area contributed by atoms with E-state index < -0.39 is 0 Å². The lowest BCUT2D eigenvalue weighted by molar-refractivity contribution is -0.134. The van der Waals surface area contributed by atoms with Crippen molar-refractivity contribution in [3.8, 4) is 0 Å². The highest BCUT2D eigenvalue weighted by atomic mass is 35.5. The lowest BCUT2D eigenvalue weighted by Crippen LogP contribution is -2.46. The van der Waals surface area contributed by atoms with Gasteiger partial charge >= 0.3 is 0 Å². The largest absolute Gasteiger partial charge is 0.341 e. The van der Waals surface area contributed by atoms with Crippen LogP contribution in [0.5, 0.6) is 0 Å². The number of halogens is 1. The number of H-pyrrole nitrogens is 1. The molecule has 0 saturated carbocycles. The summed E-state index contributed by atoms with van der Waals surface area (Å²) in [6.45, 7) is 4.33. The Morgan fingerprint density at radius 1 is 1.24 bits per heavy atom. The minimum absolute atomic E-state index is 0. The second-order valence-electron chi connectivity index (χ2n) is 6.71. The van der Waals surface area contributed by atoms with Gasteiger partial charge in [-0.15, -0.1) is 12.4 Å². The van der Waals surface area contributed by atoms with Crippen molar-refractivity contribution in [3.63, 3.8) is 0 Å². The highest BCUT2D eigenvalue weighted by molar-refractivity contribution is 5.85. The molecule has 1 aromatic carbocycles. The fourth-order valence-electron chi connectivity index (χ4n) is 3.81. The number of carbonyl (C=O) groups is 1. The zero-order valence-electron chi connectivity index (χ0n) is 14.4. The summed E-state index contributed by atoms with van der Waals surface area (Å²) in [6.07, 6.45) is 2.85. The first-order valence-electron chi connectivity index (χ1n) is 8.71. The van der Waals surface area contributed by atoms with Crippen molar-refractivity contribution in [2.24, 2.45) is 0 Å². The molecule has 134 valence electrons. The van der Waals surface area contributed by atoms with Gasteiger partial charge in [0.25, 0.3) is 0 Å². The fraction of sp³-hybridized carbons (Fsp3) is 0.500. The van der Waals surface area contributed by atoms with Crippen LogP contribution in [-0.4, -0.2) is 45.6 Å². The molecule has 7 heteroatoms. The van der Waals surface area contributed by atoms with Gasteiger partial charge < -0.3 is 10.2 Å². The molecule has 1 saturated heterocycles. The maximum absolute atomic E-state index is 13.0. The number of rotatable bonds is 2. The zero-order chi connectivity index (χ0) is 16.5. The second kappa shape index (κ2) is 7.54. The molecule has 0 bridgehead atoms. The number of carbonyl (C=O) groups excluding carboxylic acids is 1. The molecule has 0 aliphatic carbocycles. The molecule has 1 fully saturated rings. The monoisotopic (exact) mass is 361 g/mol. The Balaban J connectivity index is 0.00000182. The molecule has 2 N–H and O–H groups in total. The van der Waals surface area contributed by atoms with Gasteiger partial charge in [0.1, 0.15) is 11.9 Å². The molecule has 0 radical (unpaired) electrons. The van der Waals surface area contributed by atoms with Gasteiger partial charge in [-0.3, -0.25) is 9.89 Å². The third-order valence-corrected chi connectivity index (χ3v) is 5.14. The van der Waals surface area contributed by atoms with Crippen LogP contribution in [0.15, 0.2) is 24.3 Å². The van der Waals surface area contributed by atoms with E-state index in [1.165, 1.54) is 5.56 Å². The average Bonchev–Trinajstić information content (AvgIpc) is 3.07. The topological polar surface area (TPSA) is 73.9 Å². The smallest absolute Gasteiger partial charge is 0.244 e. The Morgan fingerprint density at radius 2 is 2.00 bits per heavy atom. The molecule has 1 amide bonds. The van der Waals surface area contributed by atoms with E-state index in [0.29, 0.717) is 5.92 Å². The number of nitrogens with one attached hydrogen (secondary N) is 2. The van der Waals surface area contributed by atoms with Crippen LogP contribution in [0.2, 0.25) is 0 Å². The Labute approximate surface area is 153 Å². The summed E-state index contributed by atoms with van der Waals surface area (Å²) in [4.78, 5) is 19.4. The van der Waals surface area contributed by atoms with E-state index in [2.05, 4.69) is 38.7 Å². The molecule has 1 unspecified atom stereocenters. The molecule has 1 atom stereocenters. The fourth-order valence-corrected chi connectivity index (χ4v) is 3.81. The maximum Gasteiger partial charge on any atom is 0.244 e. The third-order valence-electron chi connectivity index (χ3n) is 5.14. The first kappa shape index (κ1) is 17.9. The van der Waals surface area contributed by atoms with Gasteiger partial charge in [-0.2, -0.15) is 5.10 Å². The van der Waals surface area contributed by atoms with Crippen LogP contribution in [0.1, 0.15) is 47.6 Å². The van der Waals surface area contributed by atoms with Crippen LogP contribution in [0.4, 0.5) is 0 Å². The van der Waals surface area contributed by atoms with Gasteiger partial charge in [-0.05, 0) is 37.3 Å². The summed E-state index contributed by atoms with van der Waals surface area (Å²) in [6, 6.07) is 8.08. The zero-order valence-corrected chi connectivity index (χ0v) is 15.2. The summed E-state index contributed by atoms with van der Waals surface area (Å²) < 4.78 is 0. The van der Waals surface area contributed by atoms with Crippen molar-refractivity contribution in [1.29, 1.82) is 0 Å². The van der Waals surface area contributed by atoms with E-state index in [-0.39, 0.29) is 24.4 Å². The van der Waals surface area contributed by atoms with Crippen LogP contribution < -0.4 is 5.32 Å². The molecular formula is C18H24ClN5O. The summed E-state index contributed by atoms with van der Waals surface area (Å²) in [5, 5.41) is 10.6. The number of piperidine rings is 1. The number of aryl methyl sites for hydroxylation is 1. The lowest BCUT2D eigenvalue weighted by Gasteiger charge is -2.35. The Hall–Kier alpha value is -1.92. The number of hydrogen-bond donors (Lipinski definition) is 2. The normalized spacial score (nSPS) is 20.7. The predicted octanol–water partition coefficient (Wildman–Crippen LogP) is 2.13. The highest BCUT2D eigenvalue weighted by Crippen LogP contribution is 2.29. The summed E-state index contributed by atoms with van der Waals surface area (Å²) >= 11 is 0. The van der Waals surface area contributed by atoms with Crippen molar-refractivity contribution in [3.05, 3.63) is 47.0 Å². The summed E-state index contributed by atoms with van der Waals surface area (Å²) in [5.74, 6) is 2.30. The standard InChI is InChI=1S/C18H23N5O.ClH/c1-12-20-17(22-21-12)14-7-10-23(11-8-14)18(24)16-15-5-3-2-4-13(15)6-9-19-16;/h2-5,14,16,19H,6-11H2,1H3,(H,20,21,22);1H. The van der Waals surface area contributed by atoms with Crippen molar-refractivity contribution in [2.45, 2.75) is 38.1 Å². The van der Waals surface area contributed by atoms with Crippen molar-refractivity contribution in [2.75, 3.05) is 19.6 Å². The number of aromatic amines is 1. The first-order valence-corrected chi connectivity index (χ1v) is 8.71. The molecule has 2 aromatic rings. The number of fused-ring (bicyclic) bond motifs is 1. The number of nitrogens with zero attached hydrogens (tertiary/aromatic N) is 3. The van der Waals surface area contributed by atoms with Gasteiger partial charge in [-0.1, -0.05) is 24.3 Å². The van der Waals surface area contributed by atoms with Crippen LogP contribution in [0.25, 0.3) is 0 Å². The van der Waals surface area contributed by atoms with E-state index in [1.807, 2.05) is 17.9 Å². The average molecular weight is 362 g/mol. The number of hydrogen-bond acceptors (Lipinski definition) is 4.